The fourth-order valence-corrected chi connectivity index (χ4v) is 8.93. The van der Waals surface area contributed by atoms with Crippen LogP contribution in [-0.2, 0) is 14.3 Å². The van der Waals surface area contributed by atoms with E-state index in [-0.39, 0.29) is 12.8 Å². The first-order chi connectivity index (χ1) is 32.2. The van der Waals surface area contributed by atoms with E-state index < -0.39 is 74.2 Å². The van der Waals surface area contributed by atoms with Gasteiger partial charge in [0.15, 0.2) is 6.29 Å². The number of rotatable bonds is 47. The topological polar surface area (TPSA) is 189 Å². The third-order valence-electron chi connectivity index (χ3n) is 13.5. The summed E-state index contributed by atoms with van der Waals surface area (Å²) in [5.74, 6) is -0.708. The highest BCUT2D eigenvalue weighted by Gasteiger charge is 2.44. The highest BCUT2D eigenvalue weighted by atomic mass is 16.7. The number of aliphatic hydroxyl groups excluding tert-OH is 7. The number of hydrogen-bond donors (Lipinski definition) is 8. The summed E-state index contributed by atoms with van der Waals surface area (Å²) in [6, 6.07) is -1.19. The van der Waals surface area contributed by atoms with E-state index in [1.54, 1.807) is 0 Å². The second-order valence-corrected chi connectivity index (χ2v) is 19.6. The average Bonchev–Trinajstić information content (AvgIpc) is 3.32. The zero-order valence-corrected chi connectivity index (χ0v) is 42.4. The van der Waals surface area contributed by atoms with E-state index >= 15 is 0 Å². The molecule has 390 valence electrons. The molecule has 66 heavy (non-hydrogen) atoms. The molecule has 0 saturated carbocycles. The van der Waals surface area contributed by atoms with Crippen molar-refractivity contribution in [1.29, 1.82) is 0 Å². The summed E-state index contributed by atoms with van der Waals surface area (Å²) in [5, 5.41) is 76.0. The fraction of sp³-hybridized carbons (Fsp3) is 0.909. The lowest BCUT2D eigenvalue weighted by Gasteiger charge is -2.40. The van der Waals surface area contributed by atoms with Crippen molar-refractivity contribution in [3.8, 4) is 0 Å². The number of hydrogen-bond acceptors (Lipinski definition) is 10. The number of aliphatic hydroxyl groups is 7. The first-order valence-corrected chi connectivity index (χ1v) is 27.7. The molecule has 1 saturated heterocycles. The van der Waals surface area contributed by atoms with Gasteiger partial charge in [-0.25, -0.2) is 0 Å². The van der Waals surface area contributed by atoms with E-state index in [1.807, 2.05) is 0 Å². The Morgan fingerprint density at radius 1 is 0.515 bits per heavy atom. The van der Waals surface area contributed by atoms with Gasteiger partial charge in [-0.2, -0.15) is 0 Å². The molecule has 0 aromatic carbocycles. The predicted molar refractivity (Wildman–Crippen MR) is 270 cm³/mol. The van der Waals surface area contributed by atoms with Gasteiger partial charge in [0.1, 0.15) is 36.6 Å². The normalized spacial score (nSPS) is 20.9. The van der Waals surface area contributed by atoms with Crippen LogP contribution in [0.5, 0.6) is 0 Å². The number of ether oxygens (including phenoxy) is 2. The van der Waals surface area contributed by atoms with Gasteiger partial charge in [-0.3, -0.25) is 4.79 Å². The van der Waals surface area contributed by atoms with Crippen molar-refractivity contribution in [2.45, 2.75) is 306 Å². The van der Waals surface area contributed by atoms with Crippen LogP contribution < -0.4 is 5.32 Å². The summed E-state index contributed by atoms with van der Waals surface area (Å²) in [4.78, 5) is 13.1. The van der Waals surface area contributed by atoms with Crippen molar-refractivity contribution in [1.82, 2.24) is 5.32 Å². The van der Waals surface area contributed by atoms with Gasteiger partial charge >= 0.3 is 0 Å². The molecule has 8 N–H and O–H groups in total. The quantitative estimate of drug-likeness (QED) is 0.0215. The second kappa shape index (κ2) is 44.8. The lowest BCUT2D eigenvalue weighted by molar-refractivity contribution is -0.303. The first kappa shape index (κ1) is 62.6. The summed E-state index contributed by atoms with van der Waals surface area (Å²) < 4.78 is 11.1. The van der Waals surface area contributed by atoms with E-state index in [0.717, 1.165) is 38.5 Å². The van der Waals surface area contributed by atoms with Gasteiger partial charge in [0.05, 0.1) is 25.4 Å². The molecule has 0 spiro atoms. The minimum Gasteiger partial charge on any atom is -0.394 e. The van der Waals surface area contributed by atoms with Crippen molar-refractivity contribution < 1.29 is 50.0 Å². The Balaban J connectivity index is 2.36. The number of unbranched alkanes of at least 4 members (excludes halogenated alkanes) is 31. The highest BCUT2D eigenvalue weighted by molar-refractivity contribution is 5.80. The zero-order chi connectivity index (χ0) is 48.3. The van der Waals surface area contributed by atoms with Crippen LogP contribution in [0, 0.1) is 0 Å². The molecule has 0 aliphatic carbocycles. The van der Waals surface area contributed by atoms with Crippen LogP contribution in [0.1, 0.15) is 251 Å². The molecule has 11 heteroatoms. The maximum atomic E-state index is 13.1. The number of allylic oxidation sites excluding steroid dienone is 4. The van der Waals surface area contributed by atoms with Gasteiger partial charge in [0.2, 0.25) is 5.91 Å². The lowest BCUT2D eigenvalue weighted by Crippen LogP contribution is -2.60. The molecule has 1 amide bonds. The van der Waals surface area contributed by atoms with Crippen LogP contribution in [0.15, 0.2) is 24.3 Å². The van der Waals surface area contributed by atoms with Crippen LogP contribution in [-0.4, -0.2) is 110 Å². The Labute approximate surface area is 404 Å². The van der Waals surface area contributed by atoms with Gasteiger partial charge in [0, 0.05) is 0 Å². The Hall–Kier alpha value is -1.41. The molecule has 0 aromatic heterocycles. The fourth-order valence-electron chi connectivity index (χ4n) is 8.93. The average molecular weight is 940 g/mol. The van der Waals surface area contributed by atoms with Crippen molar-refractivity contribution in [2.75, 3.05) is 13.2 Å². The van der Waals surface area contributed by atoms with E-state index in [9.17, 15) is 40.5 Å². The maximum Gasteiger partial charge on any atom is 0.249 e. The molecule has 1 fully saturated rings. The Morgan fingerprint density at radius 3 is 1.35 bits per heavy atom. The van der Waals surface area contributed by atoms with Gasteiger partial charge in [0.25, 0.3) is 0 Å². The zero-order valence-electron chi connectivity index (χ0n) is 42.4. The Kier molecular flexibility index (Phi) is 42.5. The molecular weight excluding hydrogens is 835 g/mol. The predicted octanol–water partition coefficient (Wildman–Crippen LogP) is 11.0. The number of nitrogens with one attached hydrogen (secondary N) is 1. The van der Waals surface area contributed by atoms with Crippen LogP contribution in [0.25, 0.3) is 0 Å². The van der Waals surface area contributed by atoms with E-state index in [2.05, 4.69) is 43.5 Å². The van der Waals surface area contributed by atoms with Gasteiger partial charge in [-0.05, 0) is 51.4 Å². The summed E-state index contributed by atoms with van der Waals surface area (Å²) in [7, 11) is 0. The molecule has 1 aliphatic rings. The molecule has 1 aliphatic heterocycles. The van der Waals surface area contributed by atoms with E-state index in [1.165, 1.54) is 167 Å². The SMILES string of the molecule is CCCCCCCCCCCCCCCCC/C=C/CC/C=C/CCCC(O)C(O)C(COC1OC(CO)C(O)C(O)C1O)NC(=O)C(O)CCCCCCCCCCCCCCCCC. The third kappa shape index (κ3) is 33.2. The molecule has 9 unspecified atom stereocenters. The van der Waals surface area contributed by atoms with E-state index in [4.69, 9.17) is 9.47 Å². The monoisotopic (exact) mass is 940 g/mol. The van der Waals surface area contributed by atoms with E-state index in [0.29, 0.717) is 19.3 Å². The number of amides is 1. The third-order valence-corrected chi connectivity index (χ3v) is 13.5. The smallest absolute Gasteiger partial charge is 0.249 e. The largest absolute Gasteiger partial charge is 0.394 e. The molecule has 0 bridgehead atoms. The molecule has 1 rings (SSSR count). The van der Waals surface area contributed by atoms with Crippen molar-refractivity contribution >= 4 is 5.91 Å². The van der Waals surface area contributed by atoms with Gasteiger partial charge in [-0.1, -0.05) is 224 Å². The summed E-state index contributed by atoms with van der Waals surface area (Å²) >= 11 is 0. The molecule has 1 heterocycles. The Bertz CT molecular complexity index is 1120. The molecule has 11 nitrogen and oxygen atoms in total. The van der Waals surface area contributed by atoms with Crippen molar-refractivity contribution in [3.63, 3.8) is 0 Å². The van der Waals surface area contributed by atoms with Crippen molar-refractivity contribution in [3.05, 3.63) is 24.3 Å². The minimum absolute atomic E-state index is 0.249. The lowest BCUT2D eigenvalue weighted by atomic mass is 9.98. The molecule has 9 atom stereocenters. The van der Waals surface area contributed by atoms with Crippen LogP contribution >= 0.6 is 0 Å². The first-order valence-electron chi connectivity index (χ1n) is 27.7. The van der Waals surface area contributed by atoms with Crippen molar-refractivity contribution in [2.24, 2.45) is 0 Å². The molecular formula is C55H105NO10. The standard InChI is InChI=1S/C55H105NO10/c1-3-5-7-9-11-13-15-17-19-20-21-22-23-24-25-26-27-29-30-32-34-36-38-40-42-47(58)50(60)46(45-65-55-53(63)52(62)51(61)49(44-57)66-55)56-54(64)48(59)43-41-39-37-35-33-31-28-18-16-14-12-10-8-6-4-2/h27,29,34,36,46-53,55,57-63H,3-26,28,30-33,35,37-45H2,1-2H3,(H,56,64)/b29-27+,36-34+. The summed E-state index contributed by atoms with van der Waals surface area (Å²) in [6.45, 7) is 3.45. The van der Waals surface area contributed by atoms with Gasteiger partial charge < -0.3 is 50.5 Å². The van der Waals surface area contributed by atoms with Gasteiger partial charge in [-0.15, -0.1) is 0 Å². The minimum atomic E-state index is -1.67. The highest BCUT2D eigenvalue weighted by Crippen LogP contribution is 2.23. The molecule has 0 radical (unpaired) electrons. The summed E-state index contributed by atoms with van der Waals surface area (Å²) in [6.07, 6.45) is 40.9. The van der Waals surface area contributed by atoms with Crippen LogP contribution in [0.3, 0.4) is 0 Å². The molecule has 0 aromatic rings. The van der Waals surface area contributed by atoms with Crippen LogP contribution in [0.4, 0.5) is 0 Å². The number of carbonyl (C=O) groups is 1. The summed E-state index contributed by atoms with van der Waals surface area (Å²) in [5.41, 5.74) is 0. The maximum absolute atomic E-state index is 13.1. The Morgan fingerprint density at radius 2 is 0.909 bits per heavy atom. The number of carbonyl (C=O) groups excluding carboxylic acids is 1. The second-order valence-electron chi connectivity index (χ2n) is 19.6. The van der Waals surface area contributed by atoms with Crippen LogP contribution in [0.2, 0.25) is 0 Å².